The van der Waals surface area contributed by atoms with Gasteiger partial charge in [-0.15, -0.1) is 0 Å². The third kappa shape index (κ3) is 5.61. The Morgan fingerprint density at radius 2 is 2.11 bits per heavy atom. The van der Waals surface area contributed by atoms with E-state index in [0.717, 1.165) is 24.0 Å². The van der Waals surface area contributed by atoms with E-state index >= 15 is 0 Å². The highest BCUT2D eigenvalue weighted by atomic mass is 32.2. The van der Waals surface area contributed by atoms with E-state index in [1.807, 2.05) is 0 Å². The Morgan fingerprint density at radius 1 is 1.39 bits per heavy atom. The van der Waals surface area contributed by atoms with Gasteiger partial charge in [0.2, 0.25) is 5.91 Å². The smallest absolute Gasteiger partial charge is 0.237 e. The zero-order valence-corrected chi connectivity index (χ0v) is 12.6. The fourth-order valence-corrected chi connectivity index (χ4v) is 4.00. The van der Waals surface area contributed by atoms with E-state index in [-0.39, 0.29) is 0 Å². The number of hydrogen-bond donors (Lipinski definition) is 2. The molecule has 1 fully saturated rings. The van der Waals surface area contributed by atoms with Crippen molar-refractivity contribution in [1.82, 2.24) is 0 Å². The van der Waals surface area contributed by atoms with Crippen LogP contribution in [0.25, 0.3) is 0 Å². The van der Waals surface area contributed by atoms with Crippen molar-refractivity contribution in [2.45, 2.75) is 69.6 Å². The lowest BCUT2D eigenvalue weighted by Gasteiger charge is -2.26. The van der Waals surface area contributed by atoms with Crippen molar-refractivity contribution < 1.29 is 4.79 Å². The van der Waals surface area contributed by atoms with E-state index in [0.29, 0.717) is 6.42 Å². The largest absolute Gasteiger partial charge is 0.368 e. The number of rotatable bonds is 7. The van der Waals surface area contributed by atoms with Gasteiger partial charge in [0.15, 0.2) is 0 Å². The van der Waals surface area contributed by atoms with Gasteiger partial charge in [-0.1, -0.05) is 26.2 Å². The molecule has 0 heterocycles. The number of unbranched alkanes of at least 4 members (excludes halogenated alkanes) is 1. The normalized spacial score (nSPS) is 27.7. The molecular formula is C14H28N2OS. The molecule has 4 heteroatoms. The number of thioether (sulfide) groups is 1. The molecule has 1 aliphatic rings. The monoisotopic (exact) mass is 272 g/mol. The average Bonchev–Trinajstić information content (AvgIpc) is 2.28. The summed E-state index contributed by atoms with van der Waals surface area (Å²) in [6.07, 6.45) is 8.37. The molecule has 4 N–H and O–H groups in total. The highest BCUT2D eigenvalue weighted by Crippen LogP contribution is 2.32. The summed E-state index contributed by atoms with van der Waals surface area (Å²) >= 11 is 2.10. The molecule has 0 aromatic rings. The zero-order chi connectivity index (χ0) is 13.6. The van der Waals surface area contributed by atoms with Gasteiger partial charge in [-0.2, -0.15) is 11.8 Å². The van der Waals surface area contributed by atoms with Crippen LogP contribution in [0.15, 0.2) is 0 Å². The molecule has 0 saturated heterocycles. The number of primary amides is 1. The van der Waals surface area contributed by atoms with E-state index in [1.54, 1.807) is 6.92 Å². The third-order valence-corrected chi connectivity index (χ3v) is 5.32. The van der Waals surface area contributed by atoms with Crippen molar-refractivity contribution in [2.75, 3.05) is 5.75 Å². The minimum atomic E-state index is -0.829. The van der Waals surface area contributed by atoms with Gasteiger partial charge in [0, 0.05) is 5.25 Å². The van der Waals surface area contributed by atoms with E-state index in [1.165, 1.54) is 31.4 Å². The van der Waals surface area contributed by atoms with Crippen molar-refractivity contribution in [1.29, 1.82) is 0 Å². The minimum absolute atomic E-state index is 0.392. The Hall–Kier alpha value is -0.220. The average molecular weight is 272 g/mol. The first-order valence-electron chi connectivity index (χ1n) is 7.12. The van der Waals surface area contributed by atoms with Crippen LogP contribution in [0, 0.1) is 5.92 Å². The Morgan fingerprint density at radius 3 is 2.72 bits per heavy atom. The maximum Gasteiger partial charge on any atom is 0.237 e. The first-order valence-corrected chi connectivity index (χ1v) is 8.17. The van der Waals surface area contributed by atoms with Gasteiger partial charge in [-0.25, -0.2) is 0 Å². The van der Waals surface area contributed by atoms with Crippen LogP contribution < -0.4 is 11.5 Å². The zero-order valence-electron chi connectivity index (χ0n) is 11.8. The number of amides is 1. The van der Waals surface area contributed by atoms with Gasteiger partial charge in [-0.05, 0) is 44.3 Å². The summed E-state index contributed by atoms with van der Waals surface area (Å²) in [7, 11) is 0. The van der Waals surface area contributed by atoms with Gasteiger partial charge in [0.25, 0.3) is 0 Å². The molecule has 3 unspecified atom stereocenters. The molecule has 1 rings (SSSR count). The molecule has 0 spiro atoms. The van der Waals surface area contributed by atoms with Crippen LogP contribution in [0.4, 0.5) is 0 Å². The van der Waals surface area contributed by atoms with Crippen molar-refractivity contribution in [2.24, 2.45) is 17.4 Å². The summed E-state index contributed by atoms with van der Waals surface area (Å²) in [5.74, 6) is 1.70. The number of nitrogens with two attached hydrogens (primary N) is 2. The first-order chi connectivity index (χ1) is 8.42. The highest BCUT2D eigenvalue weighted by molar-refractivity contribution is 7.99. The van der Waals surface area contributed by atoms with E-state index in [9.17, 15) is 4.79 Å². The van der Waals surface area contributed by atoms with Crippen LogP contribution in [-0.4, -0.2) is 22.4 Å². The SMILES string of the molecule is CC1CCCC(SCCCCC(C)(N)C(N)=O)C1. The second kappa shape index (κ2) is 7.39. The lowest BCUT2D eigenvalue weighted by Crippen LogP contribution is -2.49. The molecule has 3 atom stereocenters. The summed E-state index contributed by atoms with van der Waals surface area (Å²) in [4.78, 5) is 11.1. The standard InChI is InChI=1S/C14H28N2OS/c1-11-6-5-7-12(10-11)18-9-4-3-8-14(2,16)13(15)17/h11-12H,3-10,16H2,1-2H3,(H2,15,17). The molecule has 18 heavy (non-hydrogen) atoms. The summed E-state index contributed by atoms with van der Waals surface area (Å²) in [5.41, 5.74) is 10.2. The molecule has 0 aromatic carbocycles. The molecule has 1 aliphatic carbocycles. The Labute approximate surface area is 115 Å². The molecule has 106 valence electrons. The van der Waals surface area contributed by atoms with Crippen LogP contribution in [0.3, 0.4) is 0 Å². The summed E-state index contributed by atoms with van der Waals surface area (Å²) in [6, 6.07) is 0. The molecule has 0 aromatic heterocycles. The van der Waals surface area contributed by atoms with Gasteiger partial charge in [0.1, 0.15) is 0 Å². The second-order valence-electron chi connectivity index (χ2n) is 6.00. The fraction of sp³-hybridized carbons (Fsp3) is 0.929. The minimum Gasteiger partial charge on any atom is -0.368 e. The molecule has 1 amide bonds. The Balaban J connectivity index is 2.06. The number of hydrogen-bond acceptors (Lipinski definition) is 3. The van der Waals surface area contributed by atoms with E-state index in [4.69, 9.17) is 11.5 Å². The topological polar surface area (TPSA) is 69.1 Å². The molecule has 0 bridgehead atoms. The second-order valence-corrected chi connectivity index (χ2v) is 7.41. The Kier molecular flexibility index (Phi) is 6.50. The van der Waals surface area contributed by atoms with Gasteiger partial charge in [-0.3, -0.25) is 4.79 Å². The van der Waals surface area contributed by atoms with Crippen LogP contribution in [0.5, 0.6) is 0 Å². The maximum absolute atomic E-state index is 11.1. The van der Waals surface area contributed by atoms with Crippen LogP contribution in [-0.2, 0) is 4.79 Å². The van der Waals surface area contributed by atoms with Gasteiger partial charge in [0.05, 0.1) is 5.54 Å². The summed E-state index contributed by atoms with van der Waals surface area (Å²) in [6.45, 7) is 4.09. The molecule has 0 radical (unpaired) electrons. The summed E-state index contributed by atoms with van der Waals surface area (Å²) in [5, 5.41) is 0.856. The maximum atomic E-state index is 11.1. The highest BCUT2D eigenvalue weighted by Gasteiger charge is 2.24. The number of carbonyl (C=O) groups excluding carboxylic acids is 1. The predicted molar refractivity (Wildman–Crippen MR) is 79.5 cm³/mol. The third-order valence-electron chi connectivity index (χ3n) is 3.90. The van der Waals surface area contributed by atoms with Crippen molar-refractivity contribution >= 4 is 17.7 Å². The van der Waals surface area contributed by atoms with Crippen molar-refractivity contribution in [3.8, 4) is 0 Å². The quantitative estimate of drug-likeness (QED) is 0.700. The Bertz CT molecular complexity index is 269. The van der Waals surface area contributed by atoms with E-state index in [2.05, 4.69) is 18.7 Å². The van der Waals surface area contributed by atoms with Gasteiger partial charge < -0.3 is 11.5 Å². The first kappa shape index (κ1) is 15.8. The fourth-order valence-electron chi connectivity index (χ4n) is 2.50. The number of carbonyl (C=O) groups is 1. The molecule has 1 saturated carbocycles. The molecule has 3 nitrogen and oxygen atoms in total. The van der Waals surface area contributed by atoms with Crippen LogP contribution in [0.2, 0.25) is 0 Å². The molecular weight excluding hydrogens is 244 g/mol. The predicted octanol–water partition coefficient (Wildman–Crippen LogP) is 2.67. The van der Waals surface area contributed by atoms with Crippen molar-refractivity contribution in [3.05, 3.63) is 0 Å². The van der Waals surface area contributed by atoms with E-state index < -0.39 is 11.4 Å². The summed E-state index contributed by atoms with van der Waals surface area (Å²) < 4.78 is 0. The lowest BCUT2D eigenvalue weighted by molar-refractivity contribution is -0.122. The van der Waals surface area contributed by atoms with Gasteiger partial charge >= 0.3 is 0 Å². The van der Waals surface area contributed by atoms with Crippen LogP contribution >= 0.6 is 11.8 Å². The van der Waals surface area contributed by atoms with Crippen LogP contribution in [0.1, 0.15) is 58.8 Å². The lowest BCUT2D eigenvalue weighted by atomic mass is 9.91. The van der Waals surface area contributed by atoms with Crippen molar-refractivity contribution in [3.63, 3.8) is 0 Å². The molecule has 0 aliphatic heterocycles.